The molecule has 0 aliphatic heterocycles. The van der Waals surface area contributed by atoms with Crippen LogP contribution in [0, 0.1) is 0 Å². The van der Waals surface area contributed by atoms with Crippen molar-refractivity contribution in [1.29, 1.82) is 0 Å². The lowest BCUT2D eigenvalue weighted by Crippen LogP contribution is -2.05. The Morgan fingerprint density at radius 2 is 2.00 bits per heavy atom. The van der Waals surface area contributed by atoms with Crippen LogP contribution in [0.3, 0.4) is 0 Å². The highest BCUT2D eigenvalue weighted by atomic mass is 32.1. The third kappa shape index (κ3) is 2.55. The summed E-state index contributed by atoms with van der Waals surface area (Å²) in [5.74, 6) is 0.517. The Kier molecular flexibility index (Phi) is 4.08. The first-order chi connectivity index (χ1) is 6.56. The van der Waals surface area contributed by atoms with E-state index in [1.165, 1.54) is 15.6 Å². The van der Waals surface area contributed by atoms with Crippen molar-refractivity contribution in [3.05, 3.63) is 15.6 Å². The van der Waals surface area contributed by atoms with Crippen molar-refractivity contribution in [2.45, 2.75) is 52.5 Å². The maximum Gasteiger partial charge on any atom is 0.0957 e. The highest BCUT2D eigenvalue weighted by Crippen LogP contribution is 2.29. The SMILES string of the molecule is CCCc1nc(C(C)C)sc1C(C)N. The van der Waals surface area contributed by atoms with Crippen LogP contribution in [-0.4, -0.2) is 4.98 Å². The number of hydrogen-bond donors (Lipinski definition) is 1. The van der Waals surface area contributed by atoms with E-state index in [1.54, 1.807) is 11.3 Å². The molecule has 14 heavy (non-hydrogen) atoms. The molecule has 1 aromatic heterocycles. The van der Waals surface area contributed by atoms with Crippen molar-refractivity contribution in [2.75, 3.05) is 0 Å². The molecule has 1 atom stereocenters. The van der Waals surface area contributed by atoms with E-state index in [4.69, 9.17) is 5.73 Å². The van der Waals surface area contributed by atoms with Gasteiger partial charge in [0.15, 0.2) is 0 Å². The third-order valence-electron chi connectivity index (χ3n) is 2.14. The van der Waals surface area contributed by atoms with E-state index in [0.717, 1.165) is 12.8 Å². The molecule has 0 aliphatic carbocycles. The number of hydrogen-bond acceptors (Lipinski definition) is 3. The highest BCUT2D eigenvalue weighted by molar-refractivity contribution is 7.11. The Hall–Kier alpha value is -0.410. The summed E-state index contributed by atoms with van der Waals surface area (Å²) in [6, 6.07) is 0.126. The van der Waals surface area contributed by atoms with Crippen LogP contribution in [0.1, 0.15) is 61.7 Å². The van der Waals surface area contributed by atoms with Gasteiger partial charge in [0.05, 0.1) is 10.7 Å². The lowest BCUT2D eigenvalue weighted by atomic mass is 10.1. The van der Waals surface area contributed by atoms with Crippen molar-refractivity contribution in [3.8, 4) is 0 Å². The molecule has 2 N–H and O–H groups in total. The molecule has 80 valence electrons. The molecular formula is C11H20N2S. The summed E-state index contributed by atoms with van der Waals surface area (Å²) < 4.78 is 0. The van der Waals surface area contributed by atoms with Crippen molar-refractivity contribution < 1.29 is 0 Å². The summed E-state index contributed by atoms with van der Waals surface area (Å²) in [5.41, 5.74) is 7.15. The van der Waals surface area contributed by atoms with Crippen molar-refractivity contribution in [3.63, 3.8) is 0 Å². The number of nitrogens with zero attached hydrogens (tertiary/aromatic N) is 1. The summed E-state index contributed by atoms with van der Waals surface area (Å²) >= 11 is 1.78. The van der Waals surface area contributed by atoms with Gasteiger partial charge in [0.25, 0.3) is 0 Å². The number of aryl methyl sites for hydroxylation is 1. The smallest absolute Gasteiger partial charge is 0.0957 e. The second-order valence-electron chi connectivity index (χ2n) is 4.06. The van der Waals surface area contributed by atoms with E-state index in [2.05, 4.69) is 25.8 Å². The van der Waals surface area contributed by atoms with Crippen LogP contribution in [0.2, 0.25) is 0 Å². The Morgan fingerprint density at radius 3 is 2.43 bits per heavy atom. The lowest BCUT2D eigenvalue weighted by Gasteiger charge is -2.03. The van der Waals surface area contributed by atoms with E-state index < -0.39 is 0 Å². The van der Waals surface area contributed by atoms with Crippen molar-refractivity contribution in [1.82, 2.24) is 4.98 Å². The summed E-state index contributed by atoms with van der Waals surface area (Å²) in [4.78, 5) is 5.93. The summed E-state index contributed by atoms with van der Waals surface area (Å²) in [7, 11) is 0. The van der Waals surface area contributed by atoms with Gasteiger partial charge in [-0.15, -0.1) is 11.3 Å². The standard InChI is InChI=1S/C11H20N2S/c1-5-6-9-10(8(4)12)14-11(13-9)7(2)3/h7-8H,5-6,12H2,1-4H3. The zero-order valence-electron chi connectivity index (χ0n) is 9.50. The zero-order chi connectivity index (χ0) is 10.7. The molecule has 0 saturated heterocycles. The molecule has 0 bridgehead atoms. The lowest BCUT2D eigenvalue weighted by molar-refractivity contribution is 0.781. The fourth-order valence-corrected chi connectivity index (χ4v) is 2.47. The molecule has 3 heteroatoms. The number of nitrogens with two attached hydrogens (primary N) is 1. The van der Waals surface area contributed by atoms with E-state index in [9.17, 15) is 0 Å². The van der Waals surface area contributed by atoms with Crippen LogP contribution < -0.4 is 5.73 Å². The molecule has 1 heterocycles. The monoisotopic (exact) mass is 212 g/mol. The second kappa shape index (κ2) is 4.89. The molecule has 2 nitrogen and oxygen atoms in total. The molecule has 1 aromatic rings. The molecule has 1 unspecified atom stereocenters. The molecule has 0 aliphatic rings. The molecule has 1 rings (SSSR count). The van der Waals surface area contributed by atoms with Gasteiger partial charge in [0, 0.05) is 16.8 Å². The van der Waals surface area contributed by atoms with Gasteiger partial charge < -0.3 is 5.73 Å². The van der Waals surface area contributed by atoms with Crippen molar-refractivity contribution >= 4 is 11.3 Å². The Bertz CT molecular complexity index is 289. The van der Waals surface area contributed by atoms with Crippen LogP contribution in [-0.2, 0) is 6.42 Å². The molecule has 0 fully saturated rings. The number of thiazole rings is 1. The molecular weight excluding hydrogens is 192 g/mol. The maximum atomic E-state index is 5.93. The van der Waals surface area contributed by atoms with Gasteiger partial charge >= 0.3 is 0 Å². The summed E-state index contributed by atoms with van der Waals surface area (Å²) in [5, 5.41) is 1.22. The predicted octanol–water partition coefficient (Wildman–Crippen LogP) is 3.24. The minimum atomic E-state index is 0.126. The van der Waals surface area contributed by atoms with Gasteiger partial charge in [-0.3, -0.25) is 0 Å². The first kappa shape index (κ1) is 11.7. The topological polar surface area (TPSA) is 38.9 Å². The van der Waals surface area contributed by atoms with E-state index in [0.29, 0.717) is 5.92 Å². The molecule has 0 saturated carbocycles. The average molecular weight is 212 g/mol. The molecule has 0 radical (unpaired) electrons. The Balaban J connectivity index is 2.99. The minimum absolute atomic E-state index is 0.126. The average Bonchev–Trinajstić information content (AvgIpc) is 2.49. The normalized spacial score (nSPS) is 13.6. The fourth-order valence-electron chi connectivity index (χ4n) is 1.40. The quantitative estimate of drug-likeness (QED) is 0.832. The summed E-state index contributed by atoms with van der Waals surface area (Å²) in [6.45, 7) is 8.58. The number of aromatic nitrogens is 1. The van der Waals surface area contributed by atoms with Gasteiger partial charge in [-0.25, -0.2) is 4.98 Å². The fraction of sp³-hybridized carbons (Fsp3) is 0.727. The van der Waals surface area contributed by atoms with Crippen LogP contribution in [0.15, 0.2) is 0 Å². The largest absolute Gasteiger partial charge is 0.323 e. The minimum Gasteiger partial charge on any atom is -0.323 e. The van der Waals surface area contributed by atoms with E-state index in [1.807, 2.05) is 6.92 Å². The Morgan fingerprint density at radius 1 is 1.36 bits per heavy atom. The van der Waals surface area contributed by atoms with Gasteiger partial charge in [0.2, 0.25) is 0 Å². The van der Waals surface area contributed by atoms with Crippen LogP contribution in [0.25, 0.3) is 0 Å². The maximum absolute atomic E-state index is 5.93. The number of rotatable bonds is 4. The van der Waals surface area contributed by atoms with E-state index in [-0.39, 0.29) is 6.04 Å². The first-order valence-corrected chi connectivity index (χ1v) is 6.13. The predicted molar refractivity (Wildman–Crippen MR) is 62.8 cm³/mol. The van der Waals surface area contributed by atoms with Gasteiger partial charge in [-0.2, -0.15) is 0 Å². The molecule has 0 amide bonds. The van der Waals surface area contributed by atoms with Crippen molar-refractivity contribution in [2.24, 2.45) is 5.73 Å². The second-order valence-corrected chi connectivity index (χ2v) is 5.12. The van der Waals surface area contributed by atoms with Gasteiger partial charge in [-0.05, 0) is 13.3 Å². The molecule has 0 spiro atoms. The van der Waals surface area contributed by atoms with Gasteiger partial charge in [0.1, 0.15) is 0 Å². The van der Waals surface area contributed by atoms with E-state index >= 15 is 0 Å². The Labute approximate surface area is 90.6 Å². The molecule has 0 aromatic carbocycles. The zero-order valence-corrected chi connectivity index (χ0v) is 10.3. The van der Waals surface area contributed by atoms with Crippen LogP contribution in [0.5, 0.6) is 0 Å². The first-order valence-electron chi connectivity index (χ1n) is 5.31. The van der Waals surface area contributed by atoms with Crippen LogP contribution >= 0.6 is 11.3 Å². The summed E-state index contributed by atoms with van der Waals surface area (Å²) in [6.07, 6.45) is 2.20. The van der Waals surface area contributed by atoms with Gasteiger partial charge in [-0.1, -0.05) is 27.2 Å². The van der Waals surface area contributed by atoms with Crippen LogP contribution in [0.4, 0.5) is 0 Å². The highest BCUT2D eigenvalue weighted by Gasteiger charge is 2.15. The third-order valence-corrected chi connectivity index (χ3v) is 3.74.